The summed E-state index contributed by atoms with van der Waals surface area (Å²) >= 11 is 0. The number of hydrogen-bond donors (Lipinski definition) is 0. The van der Waals surface area contributed by atoms with E-state index in [1.807, 2.05) is 31.2 Å². The maximum Gasteiger partial charge on any atom is 0.132 e. The minimum absolute atomic E-state index is 0.211. The first-order chi connectivity index (χ1) is 13.7. The molecule has 0 N–H and O–H groups in total. The molecule has 3 heteroatoms. The Kier molecular flexibility index (Phi) is 8.00. The summed E-state index contributed by atoms with van der Waals surface area (Å²) in [5, 5.41) is 8.66. The van der Waals surface area contributed by atoms with Crippen LogP contribution in [0.5, 0.6) is 0 Å². The molecule has 1 saturated carbocycles. The molecule has 1 aromatic heterocycles. The second-order valence-electron chi connectivity index (χ2n) is 8.50. The van der Waals surface area contributed by atoms with E-state index < -0.39 is 0 Å². The van der Waals surface area contributed by atoms with Gasteiger partial charge in [0.2, 0.25) is 0 Å². The number of unbranched alkanes of at least 4 members (excludes halogenated alkanes) is 2. The highest BCUT2D eigenvalue weighted by Gasteiger charge is 2.20. The van der Waals surface area contributed by atoms with Gasteiger partial charge in [-0.25, -0.2) is 4.39 Å². The molecular weight excluding hydrogens is 347 g/mol. The summed E-state index contributed by atoms with van der Waals surface area (Å²) < 4.78 is 14.3. The average Bonchev–Trinajstić information content (AvgIpc) is 2.74. The van der Waals surface area contributed by atoms with Crippen LogP contribution in [-0.4, -0.2) is 10.2 Å². The van der Waals surface area contributed by atoms with E-state index in [0.29, 0.717) is 11.3 Å². The summed E-state index contributed by atoms with van der Waals surface area (Å²) in [5.74, 6) is 1.59. The van der Waals surface area contributed by atoms with Gasteiger partial charge in [0, 0.05) is 5.56 Å². The molecule has 1 aliphatic carbocycles. The zero-order chi connectivity index (χ0) is 19.8. The second kappa shape index (κ2) is 10.7. The highest BCUT2D eigenvalue weighted by Crippen LogP contribution is 2.34. The van der Waals surface area contributed by atoms with E-state index in [9.17, 15) is 4.39 Å². The van der Waals surface area contributed by atoms with Crippen molar-refractivity contribution in [2.45, 2.75) is 84.5 Å². The number of aromatic nitrogens is 2. The standard InChI is InChI=1S/C25H35FN2/c1-3-5-6-7-20-8-10-21(11-9-20)12-14-22-15-17-25(28-27-22)23-16-13-19(4-2)18-24(23)26/h13,15-18,20-21H,3-12,14H2,1-2H3. The summed E-state index contributed by atoms with van der Waals surface area (Å²) in [5.41, 5.74) is 3.19. The van der Waals surface area contributed by atoms with Crippen LogP contribution >= 0.6 is 0 Å². The minimum atomic E-state index is -0.211. The molecule has 1 heterocycles. The minimum Gasteiger partial charge on any atom is -0.206 e. The smallest absolute Gasteiger partial charge is 0.132 e. The van der Waals surface area contributed by atoms with Crippen LogP contribution in [0.2, 0.25) is 0 Å². The van der Waals surface area contributed by atoms with Gasteiger partial charge in [0.25, 0.3) is 0 Å². The Morgan fingerprint density at radius 2 is 1.64 bits per heavy atom. The van der Waals surface area contributed by atoms with Crippen LogP contribution in [0.4, 0.5) is 4.39 Å². The van der Waals surface area contributed by atoms with Crippen molar-refractivity contribution in [1.29, 1.82) is 0 Å². The normalized spacial score (nSPS) is 19.7. The molecule has 1 aromatic carbocycles. The predicted octanol–water partition coefficient (Wildman–Crippen LogP) is 7.16. The first-order valence-electron chi connectivity index (χ1n) is 11.3. The van der Waals surface area contributed by atoms with Gasteiger partial charge in [0.05, 0.1) is 11.4 Å². The number of benzene rings is 1. The lowest BCUT2D eigenvalue weighted by Crippen LogP contribution is -2.15. The molecule has 0 bridgehead atoms. The van der Waals surface area contributed by atoms with Crippen LogP contribution in [0, 0.1) is 17.7 Å². The van der Waals surface area contributed by atoms with Crippen LogP contribution in [0.15, 0.2) is 30.3 Å². The van der Waals surface area contributed by atoms with Gasteiger partial charge in [-0.1, -0.05) is 71.3 Å². The fourth-order valence-electron chi connectivity index (χ4n) is 4.47. The Morgan fingerprint density at radius 3 is 2.25 bits per heavy atom. The Hall–Kier alpha value is -1.77. The zero-order valence-electron chi connectivity index (χ0n) is 17.6. The summed E-state index contributed by atoms with van der Waals surface area (Å²) in [7, 11) is 0. The molecule has 1 fully saturated rings. The number of rotatable bonds is 9. The van der Waals surface area contributed by atoms with Crippen molar-refractivity contribution in [2.75, 3.05) is 0 Å². The van der Waals surface area contributed by atoms with Crippen molar-refractivity contribution in [1.82, 2.24) is 10.2 Å². The third-order valence-electron chi connectivity index (χ3n) is 6.43. The fourth-order valence-corrected chi connectivity index (χ4v) is 4.47. The molecule has 0 atom stereocenters. The van der Waals surface area contributed by atoms with Crippen molar-refractivity contribution in [3.8, 4) is 11.3 Å². The zero-order valence-corrected chi connectivity index (χ0v) is 17.6. The van der Waals surface area contributed by atoms with Gasteiger partial charge in [-0.05, 0) is 60.9 Å². The molecule has 0 amide bonds. The molecule has 152 valence electrons. The Bertz CT molecular complexity index is 718. The molecule has 2 aromatic rings. The van der Waals surface area contributed by atoms with Crippen molar-refractivity contribution >= 4 is 0 Å². The van der Waals surface area contributed by atoms with Crippen molar-refractivity contribution < 1.29 is 4.39 Å². The summed E-state index contributed by atoms with van der Waals surface area (Å²) in [6.45, 7) is 4.31. The molecule has 28 heavy (non-hydrogen) atoms. The van der Waals surface area contributed by atoms with Gasteiger partial charge in [0.15, 0.2) is 0 Å². The third-order valence-corrected chi connectivity index (χ3v) is 6.43. The van der Waals surface area contributed by atoms with Crippen molar-refractivity contribution in [3.05, 3.63) is 47.4 Å². The highest BCUT2D eigenvalue weighted by molar-refractivity contribution is 5.59. The summed E-state index contributed by atoms with van der Waals surface area (Å²) in [6.07, 6.45) is 14.1. The molecule has 3 rings (SSSR count). The van der Waals surface area contributed by atoms with Gasteiger partial charge in [0.1, 0.15) is 5.82 Å². The molecule has 0 unspecified atom stereocenters. The highest BCUT2D eigenvalue weighted by atomic mass is 19.1. The number of halogens is 1. The lowest BCUT2D eigenvalue weighted by molar-refractivity contribution is 0.248. The van der Waals surface area contributed by atoms with Crippen LogP contribution in [-0.2, 0) is 12.8 Å². The van der Waals surface area contributed by atoms with Gasteiger partial charge < -0.3 is 0 Å². The topological polar surface area (TPSA) is 25.8 Å². The van der Waals surface area contributed by atoms with E-state index in [0.717, 1.165) is 35.9 Å². The molecule has 1 aliphatic rings. The molecule has 0 radical (unpaired) electrons. The van der Waals surface area contributed by atoms with E-state index in [1.165, 1.54) is 57.8 Å². The van der Waals surface area contributed by atoms with Gasteiger partial charge in [-0.15, -0.1) is 0 Å². The largest absolute Gasteiger partial charge is 0.206 e. The molecule has 0 saturated heterocycles. The first-order valence-corrected chi connectivity index (χ1v) is 11.3. The van der Waals surface area contributed by atoms with Gasteiger partial charge in [-0.2, -0.15) is 10.2 Å². The molecule has 0 aliphatic heterocycles. The van der Waals surface area contributed by atoms with E-state index in [-0.39, 0.29) is 5.82 Å². The Morgan fingerprint density at radius 1 is 0.893 bits per heavy atom. The lowest BCUT2D eigenvalue weighted by atomic mass is 9.78. The molecular formula is C25H35FN2. The predicted molar refractivity (Wildman–Crippen MR) is 115 cm³/mol. The first kappa shape index (κ1) is 21.0. The maximum atomic E-state index is 14.3. The SMILES string of the molecule is CCCCCC1CCC(CCc2ccc(-c3ccc(CC)cc3F)nn2)CC1. The van der Waals surface area contributed by atoms with Gasteiger partial charge in [-0.3, -0.25) is 0 Å². The molecule has 2 nitrogen and oxygen atoms in total. The van der Waals surface area contributed by atoms with E-state index in [2.05, 4.69) is 17.1 Å². The Balaban J connectivity index is 1.46. The fraction of sp³-hybridized carbons (Fsp3) is 0.600. The Labute approximate surface area is 170 Å². The van der Waals surface area contributed by atoms with E-state index in [1.54, 1.807) is 6.07 Å². The number of hydrogen-bond acceptors (Lipinski definition) is 2. The maximum absolute atomic E-state index is 14.3. The number of aryl methyl sites for hydroxylation is 2. The van der Waals surface area contributed by atoms with Crippen molar-refractivity contribution in [2.24, 2.45) is 11.8 Å². The van der Waals surface area contributed by atoms with Crippen LogP contribution < -0.4 is 0 Å². The number of nitrogens with zero attached hydrogens (tertiary/aromatic N) is 2. The monoisotopic (exact) mass is 382 g/mol. The second-order valence-corrected chi connectivity index (χ2v) is 8.50. The van der Waals surface area contributed by atoms with E-state index in [4.69, 9.17) is 0 Å². The van der Waals surface area contributed by atoms with Crippen LogP contribution in [0.1, 0.15) is 82.9 Å². The van der Waals surface area contributed by atoms with Crippen molar-refractivity contribution in [3.63, 3.8) is 0 Å². The lowest BCUT2D eigenvalue weighted by Gasteiger charge is -2.28. The van der Waals surface area contributed by atoms with E-state index >= 15 is 0 Å². The summed E-state index contributed by atoms with van der Waals surface area (Å²) in [4.78, 5) is 0. The van der Waals surface area contributed by atoms with Crippen LogP contribution in [0.3, 0.4) is 0 Å². The van der Waals surface area contributed by atoms with Crippen LogP contribution in [0.25, 0.3) is 11.3 Å². The average molecular weight is 383 g/mol. The third kappa shape index (κ3) is 5.86. The molecule has 0 spiro atoms. The quantitative estimate of drug-likeness (QED) is 0.430. The summed E-state index contributed by atoms with van der Waals surface area (Å²) in [6, 6.07) is 9.32. The van der Waals surface area contributed by atoms with Gasteiger partial charge >= 0.3 is 0 Å².